The predicted molar refractivity (Wildman–Crippen MR) is 72.6 cm³/mol. The number of carbonyl (C=O) groups excluding carboxylic acids is 1. The van der Waals surface area contributed by atoms with Crippen LogP contribution in [0.4, 0.5) is 10.5 Å². The molecule has 1 aromatic rings. The summed E-state index contributed by atoms with van der Waals surface area (Å²) in [7, 11) is 0. The predicted octanol–water partition coefficient (Wildman–Crippen LogP) is 3.69. The Morgan fingerprint density at radius 1 is 1.35 bits per heavy atom. The number of benzene rings is 1. The molecule has 3 nitrogen and oxygen atoms in total. The van der Waals surface area contributed by atoms with E-state index in [1.807, 2.05) is 24.3 Å². The molecule has 17 heavy (non-hydrogen) atoms. The highest BCUT2D eigenvalue weighted by Crippen LogP contribution is 2.09. The summed E-state index contributed by atoms with van der Waals surface area (Å²) in [6.07, 6.45) is 0.975. The summed E-state index contributed by atoms with van der Waals surface area (Å²) in [6.45, 7) is 2.29. The lowest BCUT2D eigenvalue weighted by Gasteiger charge is -2.07. The largest absolute Gasteiger partial charge is 0.333 e. The Morgan fingerprint density at radius 2 is 2.00 bits per heavy atom. The molecule has 2 amide bonds. The zero-order chi connectivity index (χ0) is 12.7. The van der Waals surface area contributed by atoms with E-state index in [9.17, 15) is 4.79 Å². The van der Waals surface area contributed by atoms with Crippen LogP contribution in [0.5, 0.6) is 0 Å². The summed E-state index contributed by atoms with van der Waals surface area (Å²) in [4.78, 5) is 11.4. The van der Waals surface area contributed by atoms with Crippen LogP contribution in [-0.2, 0) is 6.42 Å². The van der Waals surface area contributed by atoms with E-state index < -0.39 is 0 Å². The first-order chi connectivity index (χ1) is 8.15. The third-order valence-corrected chi connectivity index (χ3v) is 2.77. The minimum atomic E-state index is -0.314. The molecule has 0 atom stereocenters. The van der Waals surface area contributed by atoms with Crippen LogP contribution in [0.1, 0.15) is 12.5 Å². The number of nitrogens with one attached hydrogen (secondary N) is 2. The minimum Gasteiger partial charge on any atom is -0.333 e. The van der Waals surface area contributed by atoms with E-state index in [0.29, 0.717) is 5.03 Å². The van der Waals surface area contributed by atoms with E-state index in [1.165, 1.54) is 11.1 Å². The molecule has 0 spiro atoms. The highest BCUT2D eigenvalue weighted by atomic mass is 35.5. The molecule has 0 aromatic heterocycles. The van der Waals surface area contributed by atoms with Gasteiger partial charge >= 0.3 is 6.03 Å². The van der Waals surface area contributed by atoms with Gasteiger partial charge in [0.15, 0.2) is 0 Å². The van der Waals surface area contributed by atoms with Crippen LogP contribution in [0, 0.1) is 0 Å². The average Bonchev–Trinajstić information content (AvgIpc) is 2.36. The Balaban J connectivity index is 2.45. The van der Waals surface area contributed by atoms with Gasteiger partial charge in [-0.15, -0.1) is 0 Å². The van der Waals surface area contributed by atoms with Crippen molar-refractivity contribution >= 4 is 34.9 Å². The van der Waals surface area contributed by atoms with E-state index in [-0.39, 0.29) is 12.6 Å². The van der Waals surface area contributed by atoms with Crippen molar-refractivity contribution in [2.75, 3.05) is 11.9 Å². The second kappa shape index (κ2) is 7.20. The molecule has 0 fully saturated rings. The second-order valence-electron chi connectivity index (χ2n) is 3.41. The SMILES string of the molecule is CCc1ccc(NC(=O)NC/C(Cl)=C/Cl)cc1. The molecule has 1 aromatic carbocycles. The van der Waals surface area contributed by atoms with Gasteiger partial charge in [0.05, 0.1) is 6.54 Å². The van der Waals surface area contributed by atoms with Gasteiger partial charge in [0.25, 0.3) is 0 Å². The van der Waals surface area contributed by atoms with Crippen LogP contribution in [0.3, 0.4) is 0 Å². The third-order valence-electron chi connectivity index (χ3n) is 2.16. The Morgan fingerprint density at radius 3 is 2.53 bits per heavy atom. The number of amides is 2. The number of anilines is 1. The number of halogens is 2. The number of hydrogen-bond acceptors (Lipinski definition) is 1. The highest BCUT2D eigenvalue weighted by molar-refractivity contribution is 6.36. The molecule has 0 unspecified atom stereocenters. The molecule has 92 valence electrons. The zero-order valence-corrected chi connectivity index (χ0v) is 11.0. The first-order valence-electron chi connectivity index (χ1n) is 5.24. The van der Waals surface area contributed by atoms with E-state index in [0.717, 1.165) is 12.1 Å². The fourth-order valence-electron chi connectivity index (χ4n) is 1.20. The molecule has 0 aliphatic rings. The summed E-state index contributed by atoms with van der Waals surface area (Å²) in [5, 5.41) is 5.65. The molecule has 0 bridgehead atoms. The van der Waals surface area contributed by atoms with E-state index >= 15 is 0 Å². The molecule has 2 N–H and O–H groups in total. The van der Waals surface area contributed by atoms with E-state index in [4.69, 9.17) is 23.2 Å². The molecular weight excluding hydrogens is 259 g/mol. The van der Waals surface area contributed by atoms with Crippen molar-refractivity contribution in [1.82, 2.24) is 5.32 Å². The maximum atomic E-state index is 11.4. The lowest BCUT2D eigenvalue weighted by Crippen LogP contribution is -2.29. The van der Waals surface area contributed by atoms with Gasteiger partial charge < -0.3 is 10.6 Å². The maximum Gasteiger partial charge on any atom is 0.319 e. The fraction of sp³-hybridized carbons (Fsp3) is 0.250. The first-order valence-corrected chi connectivity index (χ1v) is 6.05. The standard InChI is InChI=1S/C12H14Cl2N2O/c1-2-9-3-5-11(6-4-9)16-12(17)15-8-10(14)7-13/h3-7H,2,8H2,1H3,(H2,15,16,17)/b10-7-. The van der Waals surface area contributed by atoms with Crippen LogP contribution in [0.2, 0.25) is 0 Å². The third kappa shape index (κ3) is 5.11. The van der Waals surface area contributed by atoms with Crippen molar-refractivity contribution in [2.24, 2.45) is 0 Å². The van der Waals surface area contributed by atoms with Crippen molar-refractivity contribution in [2.45, 2.75) is 13.3 Å². The number of aryl methyl sites for hydroxylation is 1. The van der Waals surface area contributed by atoms with Crippen molar-refractivity contribution in [3.63, 3.8) is 0 Å². The summed E-state index contributed by atoms with van der Waals surface area (Å²) in [6, 6.07) is 7.35. The minimum absolute atomic E-state index is 0.212. The molecule has 0 saturated heterocycles. The number of urea groups is 1. The second-order valence-corrected chi connectivity index (χ2v) is 4.12. The molecule has 0 saturated carbocycles. The lowest BCUT2D eigenvalue weighted by atomic mass is 10.1. The Bertz CT molecular complexity index is 401. The summed E-state index contributed by atoms with van der Waals surface area (Å²) >= 11 is 11.0. The molecule has 0 radical (unpaired) electrons. The average molecular weight is 273 g/mol. The van der Waals surface area contributed by atoms with Gasteiger partial charge in [0, 0.05) is 16.3 Å². The zero-order valence-electron chi connectivity index (χ0n) is 9.47. The van der Waals surface area contributed by atoms with Crippen molar-refractivity contribution in [3.8, 4) is 0 Å². The number of carbonyl (C=O) groups is 1. The smallest absolute Gasteiger partial charge is 0.319 e. The Labute approximate surface area is 111 Å². The fourth-order valence-corrected chi connectivity index (χ4v) is 1.35. The van der Waals surface area contributed by atoms with Gasteiger partial charge in [-0.25, -0.2) is 4.79 Å². The van der Waals surface area contributed by atoms with Crippen LogP contribution < -0.4 is 10.6 Å². The van der Waals surface area contributed by atoms with Gasteiger partial charge in [0.1, 0.15) is 0 Å². The van der Waals surface area contributed by atoms with Crippen LogP contribution >= 0.6 is 23.2 Å². The van der Waals surface area contributed by atoms with Gasteiger partial charge in [-0.1, -0.05) is 42.3 Å². The molecule has 0 aliphatic carbocycles. The van der Waals surface area contributed by atoms with Crippen LogP contribution in [0.15, 0.2) is 34.8 Å². The molecule has 5 heteroatoms. The van der Waals surface area contributed by atoms with Gasteiger partial charge in [-0.3, -0.25) is 0 Å². The van der Waals surface area contributed by atoms with Crippen molar-refractivity contribution in [3.05, 3.63) is 40.4 Å². The number of rotatable bonds is 4. The molecule has 0 aliphatic heterocycles. The first kappa shape index (κ1) is 13.9. The number of hydrogen-bond donors (Lipinski definition) is 2. The monoisotopic (exact) mass is 272 g/mol. The molecule has 1 rings (SSSR count). The quantitative estimate of drug-likeness (QED) is 0.863. The summed E-state index contributed by atoms with van der Waals surface area (Å²) in [5.74, 6) is 0. The lowest BCUT2D eigenvalue weighted by molar-refractivity contribution is 0.253. The topological polar surface area (TPSA) is 41.1 Å². The van der Waals surface area contributed by atoms with Crippen LogP contribution in [-0.4, -0.2) is 12.6 Å². The van der Waals surface area contributed by atoms with E-state index in [1.54, 1.807) is 0 Å². The summed E-state index contributed by atoms with van der Waals surface area (Å²) in [5.41, 5.74) is 3.19. The Hall–Kier alpha value is -1.19. The Kier molecular flexibility index (Phi) is 5.87. The molecule has 0 heterocycles. The molecular formula is C12H14Cl2N2O. The van der Waals surface area contributed by atoms with Crippen LogP contribution in [0.25, 0.3) is 0 Å². The maximum absolute atomic E-state index is 11.4. The highest BCUT2D eigenvalue weighted by Gasteiger charge is 2.01. The van der Waals surface area contributed by atoms with E-state index in [2.05, 4.69) is 17.6 Å². The normalized spacial score (nSPS) is 11.1. The van der Waals surface area contributed by atoms with Gasteiger partial charge in [-0.2, -0.15) is 0 Å². The van der Waals surface area contributed by atoms with Gasteiger partial charge in [0.2, 0.25) is 0 Å². The van der Waals surface area contributed by atoms with Crippen molar-refractivity contribution in [1.29, 1.82) is 0 Å². The van der Waals surface area contributed by atoms with Crippen molar-refractivity contribution < 1.29 is 4.79 Å². The van der Waals surface area contributed by atoms with Gasteiger partial charge in [-0.05, 0) is 24.1 Å². The summed E-state index contributed by atoms with van der Waals surface area (Å²) < 4.78 is 0.